The van der Waals surface area contributed by atoms with Crippen LogP contribution in [0.3, 0.4) is 0 Å². The second-order valence-electron chi connectivity index (χ2n) is 5.71. The highest BCUT2D eigenvalue weighted by Gasteiger charge is 2.30. The molecule has 0 saturated carbocycles. The molecule has 1 saturated heterocycles. The Hall–Kier alpha value is -0.800. The summed E-state index contributed by atoms with van der Waals surface area (Å²) in [5, 5.41) is 4.15. The number of anilines is 1. The Morgan fingerprint density at radius 1 is 1.45 bits per heavy atom. The molecule has 0 radical (unpaired) electrons. The largest absolute Gasteiger partial charge is 0.365 e. The fraction of sp³-hybridized carbons (Fsp3) is 0.625. The van der Waals surface area contributed by atoms with Crippen molar-refractivity contribution in [2.45, 2.75) is 45.7 Å². The molecular weight excluding hydrogens is 275 g/mol. The first-order chi connectivity index (χ1) is 9.56. The second kappa shape index (κ2) is 6.77. The Balaban J connectivity index is 2.24. The number of nitrogens with zero attached hydrogens (tertiary/aromatic N) is 1. The van der Waals surface area contributed by atoms with Gasteiger partial charge in [-0.05, 0) is 30.5 Å². The van der Waals surface area contributed by atoms with E-state index in [4.69, 9.17) is 11.6 Å². The molecule has 2 nitrogen and oxygen atoms in total. The summed E-state index contributed by atoms with van der Waals surface area (Å²) in [6.45, 7) is 8.56. The maximum absolute atomic E-state index is 13.2. The van der Waals surface area contributed by atoms with Gasteiger partial charge in [-0.15, -0.1) is 0 Å². The Kier molecular flexibility index (Phi) is 5.28. The predicted molar refractivity (Wildman–Crippen MR) is 84.1 cm³/mol. The number of benzene rings is 1. The van der Waals surface area contributed by atoms with E-state index in [9.17, 15) is 4.39 Å². The van der Waals surface area contributed by atoms with Gasteiger partial charge in [0.15, 0.2) is 0 Å². The van der Waals surface area contributed by atoms with Gasteiger partial charge in [0.1, 0.15) is 5.82 Å². The maximum Gasteiger partial charge on any atom is 0.124 e. The Morgan fingerprint density at radius 3 is 2.80 bits per heavy atom. The highest BCUT2D eigenvalue weighted by atomic mass is 35.5. The number of hydrogen-bond donors (Lipinski definition) is 1. The molecule has 112 valence electrons. The summed E-state index contributed by atoms with van der Waals surface area (Å²) in [5.41, 5.74) is 0.953. The standard InChI is InChI=1S/C16H24ClFN2/c1-4-11(3)15-10-20(13(5-2)9-19-15)16-7-6-12(18)8-14(16)17/h6-8,11,13,15,19H,4-5,9-10H2,1-3H3. The third-order valence-electron chi connectivity index (χ3n) is 4.47. The van der Waals surface area contributed by atoms with Crippen molar-refractivity contribution in [3.05, 3.63) is 29.0 Å². The first kappa shape index (κ1) is 15.6. The van der Waals surface area contributed by atoms with Crippen molar-refractivity contribution in [1.82, 2.24) is 5.32 Å². The lowest BCUT2D eigenvalue weighted by atomic mass is 9.94. The molecule has 1 aliphatic heterocycles. The van der Waals surface area contributed by atoms with Crippen LogP contribution in [-0.2, 0) is 0 Å². The minimum Gasteiger partial charge on any atom is -0.365 e. The Bertz CT molecular complexity index is 452. The summed E-state index contributed by atoms with van der Waals surface area (Å²) in [7, 11) is 0. The molecule has 4 heteroatoms. The van der Waals surface area contributed by atoms with Crippen molar-refractivity contribution in [2.75, 3.05) is 18.0 Å². The SMILES string of the molecule is CCC(C)C1CN(c2ccc(F)cc2Cl)C(CC)CN1. The van der Waals surface area contributed by atoms with Crippen molar-refractivity contribution in [3.8, 4) is 0 Å². The molecule has 1 N–H and O–H groups in total. The zero-order chi connectivity index (χ0) is 14.7. The molecule has 20 heavy (non-hydrogen) atoms. The minimum absolute atomic E-state index is 0.277. The molecule has 1 heterocycles. The fourth-order valence-corrected chi connectivity index (χ4v) is 3.14. The van der Waals surface area contributed by atoms with Crippen molar-refractivity contribution >= 4 is 17.3 Å². The lowest BCUT2D eigenvalue weighted by Gasteiger charge is -2.43. The Morgan fingerprint density at radius 2 is 2.20 bits per heavy atom. The lowest BCUT2D eigenvalue weighted by molar-refractivity contribution is 0.306. The summed E-state index contributed by atoms with van der Waals surface area (Å²) in [4.78, 5) is 2.34. The van der Waals surface area contributed by atoms with Gasteiger partial charge >= 0.3 is 0 Å². The van der Waals surface area contributed by atoms with Crippen LogP contribution in [0.15, 0.2) is 18.2 Å². The van der Waals surface area contributed by atoms with E-state index in [1.54, 1.807) is 6.07 Å². The molecule has 1 aromatic carbocycles. The summed E-state index contributed by atoms with van der Waals surface area (Å²) in [5.74, 6) is 0.343. The first-order valence-electron chi connectivity index (χ1n) is 7.51. The van der Waals surface area contributed by atoms with Crippen LogP contribution in [0.4, 0.5) is 10.1 Å². The van der Waals surface area contributed by atoms with Crippen LogP contribution in [-0.4, -0.2) is 25.2 Å². The number of nitrogens with one attached hydrogen (secondary N) is 1. The number of rotatable bonds is 4. The monoisotopic (exact) mass is 298 g/mol. The van der Waals surface area contributed by atoms with Crippen molar-refractivity contribution in [2.24, 2.45) is 5.92 Å². The van der Waals surface area contributed by atoms with Crippen molar-refractivity contribution in [3.63, 3.8) is 0 Å². The van der Waals surface area contributed by atoms with Crippen LogP contribution in [0.2, 0.25) is 5.02 Å². The average Bonchev–Trinajstić information content (AvgIpc) is 2.46. The summed E-state index contributed by atoms with van der Waals surface area (Å²) >= 11 is 6.24. The van der Waals surface area contributed by atoms with Crippen LogP contribution in [0.25, 0.3) is 0 Å². The van der Waals surface area contributed by atoms with Crippen LogP contribution >= 0.6 is 11.6 Å². The summed E-state index contributed by atoms with van der Waals surface area (Å²) in [6.07, 6.45) is 2.20. The molecule has 0 bridgehead atoms. The fourth-order valence-electron chi connectivity index (χ4n) is 2.86. The van der Waals surface area contributed by atoms with E-state index in [2.05, 4.69) is 31.0 Å². The molecular formula is C16H24ClFN2. The van der Waals surface area contributed by atoms with Gasteiger partial charge in [0.2, 0.25) is 0 Å². The van der Waals surface area contributed by atoms with Crippen molar-refractivity contribution < 1.29 is 4.39 Å². The highest BCUT2D eigenvalue weighted by Crippen LogP contribution is 2.31. The number of hydrogen-bond acceptors (Lipinski definition) is 2. The van der Waals surface area contributed by atoms with Crippen LogP contribution in [0, 0.1) is 11.7 Å². The van der Waals surface area contributed by atoms with Gasteiger partial charge in [0.25, 0.3) is 0 Å². The van der Waals surface area contributed by atoms with Crippen LogP contribution < -0.4 is 10.2 Å². The molecule has 1 aromatic rings. The van der Waals surface area contributed by atoms with Gasteiger partial charge in [-0.1, -0.05) is 38.8 Å². The first-order valence-corrected chi connectivity index (χ1v) is 7.89. The van der Waals surface area contributed by atoms with E-state index in [1.165, 1.54) is 12.1 Å². The Labute approximate surface area is 126 Å². The van der Waals surface area contributed by atoms with E-state index < -0.39 is 0 Å². The number of halogens is 2. The van der Waals surface area contributed by atoms with Gasteiger partial charge in [-0.2, -0.15) is 0 Å². The van der Waals surface area contributed by atoms with Gasteiger partial charge in [0.05, 0.1) is 10.7 Å². The lowest BCUT2D eigenvalue weighted by Crippen LogP contribution is -2.58. The zero-order valence-corrected chi connectivity index (χ0v) is 13.3. The van der Waals surface area contributed by atoms with Crippen LogP contribution in [0.1, 0.15) is 33.6 Å². The third kappa shape index (κ3) is 3.26. The second-order valence-corrected chi connectivity index (χ2v) is 6.12. The molecule has 0 amide bonds. The van der Waals surface area contributed by atoms with Crippen LogP contribution in [0.5, 0.6) is 0 Å². The van der Waals surface area contributed by atoms with E-state index in [0.717, 1.165) is 31.6 Å². The summed E-state index contributed by atoms with van der Waals surface area (Å²) < 4.78 is 13.2. The zero-order valence-electron chi connectivity index (χ0n) is 12.5. The molecule has 0 spiro atoms. The van der Waals surface area contributed by atoms with E-state index in [-0.39, 0.29) is 5.82 Å². The summed E-state index contributed by atoms with van der Waals surface area (Å²) in [6, 6.07) is 5.58. The van der Waals surface area contributed by atoms with Gasteiger partial charge in [-0.25, -0.2) is 4.39 Å². The molecule has 1 fully saturated rings. The molecule has 0 aromatic heterocycles. The predicted octanol–water partition coefficient (Wildman–Crippen LogP) is 4.08. The molecule has 3 atom stereocenters. The highest BCUT2D eigenvalue weighted by molar-refractivity contribution is 6.33. The van der Waals surface area contributed by atoms with E-state index >= 15 is 0 Å². The van der Waals surface area contributed by atoms with E-state index in [0.29, 0.717) is 23.0 Å². The smallest absolute Gasteiger partial charge is 0.124 e. The third-order valence-corrected chi connectivity index (χ3v) is 4.77. The van der Waals surface area contributed by atoms with Gasteiger partial charge in [-0.3, -0.25) is 0 Å². The van der Waals surface area contributed by atoms with Gasteiger partial charge < -0.3 is 10.2 Å². The molecule has 3 unspecified atom stereocenters. The average molecular weight is 299 g/mol. The normalized spacial score (nSPS) is 24.8. The molecule has 2 rings (SSSR count). The minimum atomic E-state index is -0.277. The quantitative estimate of drug-likeness (QED) is 0.901. The van der Waals surface area contributed by atoms with Gasteiger partial charge in [0, 0.05) is 25.2 Å². The molecule has 0 aliphatic carbocycles. The topological polar surface area (TPSA) is 15.3 Å². The maximum atomic E-state index is 13.2. The van der Waals surface area contributed by atoms with Crippen molar-refractivity contribution in [1.29, 1.82) is 0 Å². The molecule has 1 aliphatic rings. The number of piperazine rings is 1. The van der Waals surface area contributed by atoms with E-state index in [1.807, 2.05) is 0 Å².